The highest BCUT2D eigenvalue weighted by molar-refractivity contribution is 5.79. The maximum atomic E-state index is 12.6. The highest BCUT2D eigenvalue weighted by Gasteiger charge is 2.14. The summed E-state index contributed by atoms with van der Waals surface area (Å²) in [6, 6.07) is 15.9. The minimum absolute atomic E-state index is 0.0799. The lowest BCUT2D eigenvalue weighted by atomic mass is 10.1. The molecule has 0 N–H and O–H groups in total. The zero-order valence-electron chi connectivity index (χ0n) is 19.6. The zero-order valence-corrected chi connectivity index (χ0v) is 19.6. The molecule has 0 spiro atoms. The standard InChI is InChI=1S/C26H34N4O2/c1-5-29-15-7-9-23(29)19-27(3)25(31)17-21-11-13-22(14-12-21)18-26(32)28(4)20-24-10-8-16-30(24)6-2/h7-16H,5-6,17-20H2,1-4H3. The van der Waals surface area contributed by atoms with Gasteiger partial charge in [0, 0.05) is 51.0 Å². The van der Waals surface area contributed by atoms with E-state index in [1.165, 1.54) is 0 Å². The summed E-state index contributed by atoms with van der Waals surface area (Å²) in [6.07, 6.45) is 4.77. The highest BCUT2D eigenvalue weighted by Crippen LogP contribution is 2.12. The molecule has 0 aliphatic carbocycles. The van der Waals surface area contributed by atoms with Crippen molar-refractivity contribution in [2.45, 2.75) is 52.9 Å². The summed E-state index contributed by atoms with van der Waals surface area (Å²) in [5.41, 5.74) is 4.18. The van der Waals surface area contributed by atoms with E-state index >= 15 is 0 Å². The normalized spacial score (nSPS) is 10.9. The third kappa shape index (κ3) is 5.90. The first kappa shape index (κ1) is 23.4. The van der Waals surface area contributed by atoms with Crippen LogP contribution in [0.25, 0.3) is 0 Å². The second-order valence-corrected chi connectivity index (χ2v) is 8.24. The molecule has 0 aliphatic rings. The van der Waals surface area contributed by atoms with Gasteiger partial charge in [0.25, 0.3) is 0 Å². The summed E-state index contributed by atoms with van der Waals surface area (Å²) >= 11 is 0. The Bertz CT molecular complexity index is 949. The number of nitrogens with zero attached hydrogens (tertiary/aromatic N) is 4. The van der Waals surface area contributed by atoms with Crippen molar-refractivity contribution in [2.24, 2.45) is 0 Å². The number of carbonyl (C=O) groups excluding carboxylic acids is 2. The summed E-state index contributed by atoms with van der Waals surface area (Å²) in [5, 5.41) is 0. The van der Waals surface area contributed by atoms with Crippen LogP contribution in [0.3, 0.4) is 0 Å². The Balaban J connectivity index is 1.51. The van der Waals surface area contributed by atoms with Crippen LogP contribution in [-0.2, 0) is 48.6 Å². The molecule has 0 aliphatic heterocycles. The summed E-state index contributed by atoms with van der Waals surface area (Å²) in [6.45, 7) is 7.17. The number of likely N-dealkylation sites (N-methyl/N-ethyl adjacent to an activating group) is 2. The molecule has 170 valence electrons. The Hall–Kier alpha value is -3.28. The van der Waals surface area contributed by atoms with E-state index in [9.17, 15) is 9.59 Å². The van der Waals surface area contributed by atoms with Crippen molar-refractivity contribution < 1.29 is 9.59 Å². The SMILES string of the molecule is CCn1cccc1CN(C)C(=O)Cc1ccc(CC(=O)N(C)Cc2cccn2CC)cc1. The van der Waals surface area contributed by atoms with Crippen LogP contribution >= 0.6 is 0 Å². The van der Waals surface area contributed by atoms with E-state index in [1.54, 1.807) is 9.80 Å². The van der Waals surface area contributed by atoms with Crippen LogP contribution in [0.15, 0.2) is 60.9 Å². The number of aromatic nitrogens is 2. The monoisotopic (exact) mass is 434 g/mol. The molecule has 1 aromatic carbocycles. The van der Waals surface area contributed by atoms with Crippen molar-refractivity contribution in [1.29, 1.82) is 0 Å². The quantitative estimate of drug-likeness (QED) is 0.488. The number of rotatable bonds is 10. The average Bonchev–Trinajstić information content (AvgIpc) is 3.43. The third-order valence-corrected chi connectivity index (χ3v) is 5.91. The molecule has 2 amide bonds. The second kappa shape index (κ2) is 10.8. The molecule has 0 fully saturated rings. The topological polar surface area (TPSA) is 50.5 Å². The lowest BCUT2D eigenvalue weighted by molar-refractivity contribution is -0.130. The minimum Gasteiger partial charge on any atom is -0.350 e. The first-order valence-corrected chi connectivity index (χ1v) is 11.2. The van der Waals surface area contributed by atoms with Gasteiger partial charge in [-0.2, -0.15) is 0 Å². The van der Waals surface area contributed by atoms with Crippen LogP contribution < -0.4 is 0 Å². The smallest absolute Gasteiger partial charge is 0.227 e. The second-order valence-electron chi connectivity index (χ2n) is 8.24. The Kier molecular flexibility index (Phi) is 7.92. The molecule has 0 saturated carbocycles. The molecule has 6 heteroatoms. The summed E-state index contributed by atoms with van der Waals surface area (Å²) in [5.74, 6) is 0.160. The number of aryl methyl sites for hydroxylation is 2. The zero-order chi connectivity index (χ0) is 23.1. The number of hydrogen-bond donors (Lipinski definition) is 0. The highest BCUT2D eigenvalue weighted by atomic mass is 16.2. The van der Waals surface area contributed by atoms with Gasteiger partial charge in [0.15, 0.2) is 0 Å². The van der Waals surface area contributed by atoms with Gasteiger partial charge in [-0.05, 0) is 49.2 Å². The predicted octanol–water partition coefficient (Wildman–Crippen LogP) is 3.73. The van der Waals surface area contributed by atoms with Crippen molar-refractivity contribution in [3.63, 3.8) is 0 Å². The molecule has 2 heterocycles. The van der Waals surface area contributed by atoms with Gasteiger partial charge in [-0.1, -0.05) is 24.3 Å². The van der Waals surface area contributed by atoms with E-state index < -0.39 is 0 Å². The van der Waals surface area contributed by atoms with Gasteiger partial charge in [-0.3, -0.25) is 9.59 Å². The summed E-state index contributed by atoms with van der Waals surface area (Å²) < 4.78 is 4.29. The van der Waals surface area contributed by atoms with Crippen molar-refractivity contribution in [3.05, 3.63) is 83.4 Å². The van der Waals surface area contributed by atoms with Gasteiger partial charge >= 0.3 is 0 Å². The Labute approximate surface area is 191 Å². The van der Waals surface area contributed by atoms with Crippen LogP contribution in [0.2, 0.25) is 0 Å². The molecule has 0 atom stereocenters. The van der Waals surface area contributed by atoms with Crippen molar-refractivity contribution >= 4 is 11.8 Å². The van der Waals surface area contributed by atoms with E-state index in [0.29, 0.717) is 25.9 Å². The van der Waals surface area contributed by atoms with Gasteiger partial charge in [-0.15, -0.1) is 0 Å². The lowest BCUT2D eigenvalue weighted by Gasteiger charge is -2.19. The van der Waals surface area contributed by atoms with E-state index in [1.807, 2.05) is 62.9 Å². The van der Waals surface area contributed by atoms with Crippen LogP contribution in [0.5, 0.6) is 0 Å². The number of hydrogen-bond acceptors (Lipinski definition) is 2. The van der Waals surface area contributed by atoms with Crippen molar-refractivity contribution in [1.82, 2.24) is 18.9 Å². The van der Waals surface area contributed by atoms with Gasteiger partial charge in [0.05, 0.1) is 25.9 Å². The third-order valence-electron chi connectivity index (χ3n) is 5.91. The molecule has 0 saturated heterocycles. The van der Waals surface area contributed by atoms with Gasteiger partial charge in [0.1, 0.15) is 0 Å². The molecular formula is C26H34N4O2. The summed E-state index contributed by atoms with van der Waals surface area (Å²) in [4.78, 5) is 28.8. The first-order valence-electron chi connectivity index (χ1n) is 11.2. The predicted molar refractivity (Wildman–Crippen MR) is 127 cm³/mol. The number of benzene rings is 1. The fourth-order valence-corrected chi connectivity index (χ4v) is 3.86. The molecule has 0 radical (unpaired) electrons. The van der Waals surface area contributed by atoms with E-state index in [-0.39, 0.29) is 11.8 Å². The Morgan fingerprint density at radius 1 is 0.688 bits per heavy atom. The van der Waals surface area contributed by atoms with E-state index in [2.05, 4.69) is 35.1 Å². The number of carbonyl (C=O) groups is 2. The van der Waals surface area contributed by atoms with Crippen molar-refractivity contribution in [3.8, 4) is 0 Å². The average molecular weight is 435 g/mol. The van der Waals surface area contributed by atoms with Crippen LogP contribution in [0.4, 0.5) is 0 Å². The minimum atomic E-state index is 0.0799. The molecule has 3 aromatic rings. The number of amides is 2. The van der Waals surface area contributed by atoms with Crippen LogP contribution in [0.1, 0.15) is 36.4 Å². The molecule has 0 bridgehead atoms. The largest absolute Gasteiger partial charge is 0.350 e. The maximum Gasteiger partial charge on any atom is 0.227 e. The first-order chi connectivity index (χ1) is 15.4. The fraction of sp³-hybridized carbons (Fsp3) is 0.385. The lowest BCUT2D eigenvalue weighted by Crippen LogP contribution is -2.29. The molecule has 3 rings (SSSR count). The molecule has 0 unspecified atom stereocenters. The molecule has 32 heavy (non-hydrogen) atoms. The van der Waals surface area contributed by atoms with E-state index in [4.69, 9.17) is 0 Å². The van der Waals surface area contributed by atoms with Crippen LogP contribution in [-0.4, -0.2) is 44.8 Å². The Morgan fingerprint density at radius 3 is 1.41 bits per heavy atom. The van der Waals surface area contributed by atoms with E-state index in [0.717, 1.165) is 35.6 Å². The molecule has 6 nitrogen and oxygen atoms in total. The molecule has 2 aromatic heterocycles. The Morgan fingerprint density at radius 2 is 1.06 bits per heavy atom. The van der Waals surface area contributed by atoms with Crippen LogP contribution in [0, 0.1) is 0 Å². The maximum absolute atomic E-state index is 12.6. The summed E-state index contributed by atoms with van der Waals surface area (Å²) in [7, 11) is 3.68. The molecular weight excluding hydrogens is 400 g/mol. The van der Waals surface area contributed by atoms with Gasteiger partial charge in [0.2, 0.25) is 11.8 Å². The fourth-order valence-electron chi connectivity index (χ4n) is 3.86. The van der Waals surface area contributed by atoms with Crippen molar-refractivity contribution in [2.75, 3.05) is 14.1 Å². The van der Waals surface area contributed by atoms with Gasteiger partial charge < -0.3 is 18.9 Å². The van der Waals surface area contributed by atoms with Gasteiger partial charge in [-0.25, -0.2) is 0 Å².